The van der Waals surface area contributed by atoms with E-state index in [9.17, 15) is 4.79 Å². The van der Waals surface area contributed by atoms with Crippen molar-refractivity contribution in [3.8, 4) is 11.5 Å². The molecule has 0 aliphatic carbocycles. The van der Waals surface area contributed by atoms with E-state index in [1.54, 1.807) is 27.2 Å². The molecule has 0 radical (unpaired) electrons. The van der Waals surface area contributed by atoms with Gasteiger partial charge in [0, 0.05) is 28.2 Å². The number of nitrogens with zero attached hydrogens (tertiary/aromatic N) is 3. The Morgan fingerprint density at radius 2 is 1.87 bits per heavy atom. The lowest BCUT2D eigenvalue weighted by molar-refractivity contribution is 0.0696. The predicted molar refractivity (Wildman–Crippen MR) is 117 cm³/mol. The van der Waals surface area contributed by atoms with Gasteiger partial charge in [-0.05, 0) is 60.3 Å². The number of hydrogen-bond donors (Lipinski definition) is 0. The maximum absolute atomic E-state index is 13.5. The molecule has 30 heavy (non-hydrogen) atoms. The second kappa shape index (κ2) is 8.41. The molecule has 3 aromatic rings. The molecule has 0 saturated heterocycles. The number of fused-ring (bicyclic) bond motifs is 1. The number of aryl methyl sites for hydroxylation is 1. The molecule has 2 aromatic carbocycles. The Bertz CT molecular complexity index is 1080. The van der Waals surface area contributed by atoms with Crippen molar-refractivity contribution in [3.63, 3.8) is 0 Å². The normalized spacial score (nSPS) is 15.6. The highest BCUT2D eigenvalue weighted by atomic mass is 35.5. The average Bonchev–Trinajstić information content (AvgIpc) is 3.16. The lowest BCUT2D eigenvalue weighted by Gasteiger charge is -2.38. The van der Waals surface area contributed by atoms with Crippen LogP contribution in [0.15, 0.2) is 30.3 Å². The number of halogens is 2. The fourth-order valence-corrected chi connectivity index (χ4v) is 5.00. The monoisotopic (exact) mass is 463 g/mol. The molecule has 1 atom stereocenters. The van der Waals surface area contributed by atoms with E-state index in [-0.39, 0.29) is 5.91 Å². The summed E-state index contributed by atoms with van der Waals surface area (Å²) in [6.45, 7) is 2.29. The summed E-state index contributed by atoms with van der Waals surface area (Å²) in [4.78, 5) is 15.8. The quantitative estimate of drug-likeness (QED) is 0.546. The summed E-state index contributed by atoms with van der Waals surface area (Å²) in [6.07, 6.45) is 0.657. The smallest absolute Gasteiger partial charge is 0.268 e. The van der Waals surface area contributed by atoms with Crippen LogP contribution in [0.3, 0.4) is 0 Å². The van der Waals surface area contributed by atoms with Crippen molar-refractivity contribution < 1.29 is 14.3 Å². The molecule has 0 bridgehead atoms. The Kier molecular flexibility index (Phi) is 5.86. The van der Waals surface area contributed by atoms with Gasteiger partial charge in [0.25, 0.3) is 5.91 Å². The van der Waals surface area contributed by atoms with Crippen molar-refractivity contribution in [1.29, 1.82) is 0 Å². The number of benzene rings is 2. The number of amides is 1. The van der Waals surface area contributed by atoms with Crippen molar-refractivity contribution in [2.75, 3.05) is 20.8 Å². The lowest BCUT2D eigenvalue weighted by atomic mass is 9.87. The van der Waals surface area contributed by atoms with Gasteiger partial charge in [0.05, 0.1) is 26.0 Å². The molecule has 0 spiro atoms. The number of carbonyl (C=O) groups excluding carboxylic acids is 1. The Balaban J connectivity index is 1.93. The van der Waals surface area contributed by atoms with Crippen LogP contribution in [0.25, 0.3) is 0 Å². The molecule has 1 aliphatic heterocycles. The van der Waals surface area contributed by atoms with Crippen LogP contribution in [-0.2, 0) is 6.42 Å². The SMILES string of the molecule is COc1cc2c(c(OC)c1)C(c1cc(Cl)cc(Cl)c1)N(C(=O)c1snnc1C)CC2. The molecule has 2 heterocycles. The highest BCUT2D eigenvalue weighted by molar-refractivity contribution is 7.07. The van der Waals surface area contributed by atoms with Crippen molar-refractivity contribution in [1.82, 2.24) is 14.5 Å². The van der Waals surface area contributed by atoms with Crippen LogP contribution >= 0.6 is 34.7 Å². The van der Waals surface area contributed by atoms with Gasteiger partial charge in [-0.15, -0.1) is 5.10 Å². The lowest BCUT2D eigenvalue weighted by Crippen LogP contribution is -2.40. The van der Waals surface area contributed by atoms with Crippen LogP contribution in [0.4, 0.5) is 0 Å². The number of carbonyl (C=O) groups is 1. The highest BCUT2D eigenvalue weighted by Crippen LogP contribution is 2.44. The summed E-state index contributed by atoms with van der Waals surface area (Å²) >= 11 is 13.7. The van der Waals surface area contributed by atoms with E-state index in [1.807, 2.05) is 29.2 Å². The van der Waals surface area contributed by atoms with Gasteiger partial charge in [-0.1, -0.05) is 27.7 Å². The van der Waals surface area contributed by atoms with E-state index in [0.29, 0.717) is 45.1 Å². The molecule has 0 N–H and O–H groups in total. The summed E-state index contributed by atoms with van der Waals surface area (Å²) in [5, 5.41) is 5.00. The molecule has 0 saturated carbocycles. The maximum atomic E-state index is 13.5. The first-order valence-electron chi connectivity index (χ1n) is 9.23. The highest BCUT2D eigenvalue weighted by Gasteiger charge is 2.37. The first-order chi connectivity index (χ1) is 14.4. The van der Waals surface area contributed by atoms with Gasteiger partial charge in [-0.2, -0.15) is 0 Å². The molecule has 4 rings (SSSR count). The standard InChI is InChI=1S/C21H19Cl2N3O3S/c1-11-20(30-25-24-11)21(27)26-5-4-12-8-16(28-2)10-17(29-3)18(12)19(26)13-6-14(22)9-15(23)7-13/h6-10,19H,4-5H2,1-3H3. The van der Waals surface area contributed by atoms with Crippen LogP contribution in [0.2, 0.25) is 10.0 Å². The van der Waals surface area contributed by atoms with E-state index in [4.69, 9.17) is 32.7 Å². The molecular weight excluding hydrogens is 445 g/mol. The topological polar surface area (TPSA) is 64.6 Å². The molecule has 1 amide bonds. The number of rotatable bonds is 4. The van der Waals surface area contributed by atoms with Crippen molar-refractivity contribution in [2.45, 2.75) is 19.4 Å². The molecular formula is C21H19Cl2N3O3S. The van der Waals surface area contributed by atoms with E-state index in [2.05, 4.69) is 9.59 Å². The average molecular weight is 464 g/mol. The number of methoxy groups -OCH3 is 2. The zero-order chi connectivity index (χ0) is 21.4. The summed E-state index contributed by atoms with van der Waals surface area (Å²) < 4.78 is 15.1. The Morgan fingerprint density at radius 3 is 2.47 bits per heavy atom. The van der Waals surface area contributed by atoms with Crippen LogP contribution in [0.5, 0.6) is 11.5 Å². The number of aromatic nitrogens is 2. The molecule has 156 valence electrons. The summed E-state index contributed by atoms with van der Waals surface area (Å²) in [6, 6.07) is 8.71. The van der Waals surface area contributed by atoms with Gasteiger partial charge in [-0.3, -0.25) is 4.79 Å². The Labute approximate surface area is 188 Å². The zero-order valence-corrected chi connectivity index (χ0v) is 18.9. The van der Waals surface area contributed by atoms with Crippen molar-refractivity contribution in [2.24, 2.45) is 0 Å². The van der Waals surface area contributed by atoms with Crippen LogP contribution in [0, 0.1) is 6.92 Å². The minimum Gasteiger partial charge on any atom is -0.497 e. The van der Waals surface area contributed by atoms with Gasteiger partial charge in [0.15, 0.2) is 0 Å². The second-order valence-corrected chi connectivity index (χ2v) is 8.57. The summed E-state index contributed by atoms with van der Waals surface area (Å²) in [7, 11) is 3.22. The minimum absolute atomic E-state index is 0.132. The third-order valence-corrected chi connectivity index (χ3v) is 6.42. The van der Waals surface area contributed by atoms with Crippen LogP contribution < -0.4 is 9.47 Å². The first kappa shape index (κ1) is 20.9. The first-order valence-corrected chi connectivity index (χ1v) is 10.8. The maximum Gasteiger partial charge on any atom is 0.268 e. The second-order valence-electron chi connectivity index (χ2n) is 6.94. The fraction of sp³-hybridized carbons (Fsp3) is 0.286. The van der Waals surface area contributed by atoms with E-state index in [0.717, 1.165) is 28.2 Å². The number of ether oxygens (including phenoxy) is 2. The summed E-state index contributed by atoms with van der Waals surface area (Å²) in [5.74, 6) is 1.21. The molecule has 9 heteroatoms. The molecule has 1 aliphatic rings. The Hall–Kier alpha value is -2.35. The van der Waals surface area contributed by atoms with E-state index >= 15 is 0 Å². The fourth-order valence-electron chi connectivity index (χ4n) is 3.84. The third-order valence-electron chi connectivity index (χ3n) is 5.17. The van der Waals surface area contributed by atoms with E-state index in [1.165, 1.54) is 0 Å². The van der Waals surface area contributed by atoms with Gasteiger partial charge in [0.1, 0.15) is 16.4 Å². The van der Waals surface area contributed by atoms with Crippen LogP contribution in [0.1, 0.15) is 38.1 Å². The van der Waals surface area contributed by atoms with Gasteiger partial charge >= 0.3 is 0 Å². The van der Waals surface area contributed by atoms with Crippen molar-refractivity contribution >= 4 is 40.6 Å². The number of hydrogen-bond acceptors (Lipinski definition) is 6. The largest absolute Gasteiger partial charge is 0.497 e. The summed E-state index contributed by atoms with van der Waals surface area (Å²) in [5.41, 5.74) is 3.36. The zero-order valence-electron chi connectivity index (χ0n) is 16.6. The van der Waals surface area contributed by atoms with Gasteiger partial charge < -0.3 is 14.4 Å². The molecule has 1 aromatic heterocycles. The predicted octanol–water partition coefficient (Wildman–Crippen LogP) is 4.96. The van der Waals surface area contributed by atoms with Gasteiger partial charge in [0.2, 0.25) is 0 Å². The molecule has 1 unspecified atom stereocenters. The molecule has 0 fully saturated rings. The van der Waals surface area contributed by atoms with Gasteiger partial charge in [-0.25, -0.2) is 0 Å². The third kappa shape index (κ3) is 3.73. The van der Waals surface area contributed by atoms with Crippen molar-refractivity contribution in [3.05, 3.63) is 67.6 Å². The van der Waals surface area contributed by atoms with Crippen LogP contribution in [-0.4, -0.2) is 41.2 Å². The Morgan fingerprint density at radius 1 is 1.13 bits per heavy atom. The minimum atomic E-state index is -0.431. The molecule has 6 nitrogen and oxygen atoms in total. The van der Waals surface area contributed by atoms with E-state index < -0.39 is 6.04 Å².